The van der Waals surface area contributed by atoms with Gasteiger partial charge in [-0.25, -0.2) is 0 Å². The fraction of sp³-hybridized carbons (Fsp3) is 0.333. The van der Waals surface area contributed by atoms with E-state index in [-0.39, 0.29) is 5.06 Å². The zero-order chi connectivity index (χ0) is 9.19. The molecule has 0 spiro atoms. The minimum absolute atomic E-state index is 0.263. The summed E-state index contributed by atoms with van der Waals surface area (Å²) in [6, 6.07) is 3.12. The molecule has 0 radical (unpaired) electrons. The predicted molar refractivity (Wildman–Crippen MR) is 43.6 cm³/mol. The average Bonchev–Trinajstić information content (AvgIpc) is 2.30. The van der Waals surface area contributed by atoms with E-state index >= 15 is 0 Å². The van der Waals surface area contributed by atoms with Crippen molar-refractivity contribution in [1.29, 1.82) is 0 Å². The maximum Gasteiger partial charge on any atom is 0.422 e. The topological polar surface area (TPSA) is 9.23 Å². The highest BCUT2D eigenvalue weighted by Crippen LogP contribution is 2.29. The van der Waals surface area contributed by atoms with Crippen LogP contribution < -0.4 is 4.74 Å². The van der Waals surface area contributed by atoms with Crippen LogP contribution in [0.25, 0.3) is 0 Å². The van der Waals surface area contributed by atoms with E-state index in [9.17, 15) is 13.2 Å². The molecule has 0 aliphatic rings. The Hall–Kier alpha value is -0.230. The fourth-order valence-corrected chi connectivity index (χ4v) is 1.72. The first kappa shape index (κ1) is 9.85. The van der Waals surface area contributed by atoms with Crippen molar-refractivity contribution in [2.75, 3.05) is 6.61 Å². The second kappa shape index (κ2) is 3.66. The Balaban J connectivity index is 2.44. The number of hydrogen-bond acceptors (Lipinski definition) is 2. The van der Waals surface area contributed by atoms with Gasteiger partial charge in [0, 0.05) is 0 Å². The second-order valence-corrected chi connectivity index (χ2v) is 4.39. The van der Waals surface area contributed by atoms with Gasteiger partial charge in [0.05, 0.1) is 3.79 Å². The van der Waals surface area contributed by atoms with Crippen molar-refractivity contribution in [1.82, 2.24) is 0 Å². The monoisotopic (exact) mass is 260 g/mol. The third kappa shape index (κ3) is 3.44. The first-order valence-corrected chi connectivity index (χ1v) is 4.53. The molecule has 0 unspecified atom stereocenters. The number of halogens is 4. The number of thiophene rings is 1. The highest BCUT2D eigenvalue weighted by atomic mass is 79.9. The first-order chi connectivity index (χ1) is 5.47. The second-order valence-electron chi connectivity index (χ2n) is 1.96. The third-order valence-electron chi connectivity index (χ3n) is 0.927. The van der Waals surface area contributed by atoms with Crippen LogP contribution in [0.15, 0.2) is 15.9 Å². The molecule has 0 saturated carbocycles. The van der Waals surface area contributed by atoms with Gasteiger partial charge in [-0.2, -0.15) is 13.2 Å². The molecule has 0 N–H and O–H groups in total. The molecular formula is C6H4BrF3OS. The minimum Gasteiger partial charge on any atom is -0.475 e. The van der Waals surface area contributed by atoms with Gasteiger partial charge < -0.3 is 4.74 Å². The zero-order valence-electron chi connectivity index (χ0n) is 5.69. The lowest BCUT2D eigenvalue weighted by Gasteiger charge is -2.05. The molecular weight excluding hydrogens is 257 g/mol. The quantitative estimate of drug-likeness (QED) is 0.792. The van der Waals surface area contributed by atoms with Crippen LogP contribution in [0.4, 0.5) is 13.2 Å². The van der Waals surface area contributed by atoms with Crippen molar-refractivity contribution in [3.8, 4) is 5.06 Å². The summed E-state index contributed by atoms with van der Waals surface area (Å²) in [5.41, 5.74) is 0. The van der Waals surface area contributed by atoms with Gasteiger partial charge in [-0.1, -0.05) is 11.3 Å². The van der Waals surface area contributed by atoms with E-state index in [2.05, 4.69) is 20.7 Å². The van der Waals surface area contributed by atoms with Crippen LogP contribution in [0.5, 0.6) is 5.06 Å². The summed E-state index contributed by atoms with van der Waals surface area (Å²) in [4.78, 5) is 0. The van der Waals surface area contributed by atoms with Crippen LogP contribution in [0.3, 0.4) is 0 Å². The van der Waals surface area contributed by atoms with Gasteiger partial charge in [-0.3, -0.25) is 0 Å². The van der Waals surface area contributed by atoms with Gasteiger partial charge in [0.25, 0.3) is 0 Å². The van der Waals surface area contributed by atoms with E-state index in [0.29, 0.717) is 0 Å². The standard InChI is InChI=1S/C6H4BrF3OS/c7-4-1-2-5(12-4)11-3-6(8,9)10/h1-2H,3H2. The van der Waals surface area contributed by atoms with Gasteiger partial charge in [0.2, 0.25) is 0 Å². The molecule has 12 heavy (non-hydrogen) atoms. The molecule has 68 valence electrons. The van der Waals surface area contributed by atoms with Gasteiger partial charge in [-0.05, 0) is 28.1 Å². The van der Waals surface area contributed by atoms with Crippen molar-refractivity contribution >= 4 is 27.3 Å². The molecule has 6 heteroatoms. The summed E-state index contributed by atoms with van der Waals surface area (Å²) in [5, 5.41) is 0.263. The molecule has 1 rings (SSSR count). The average molecular weight is 261 g/mol. The van der Waals surface area contributed by atoms with Crippen molar-refractivity contribution in [3.63, 3.8) is 0 Å². The van der Waals surface area contributed by atoms with Gasteiger partial charge in [0.15, 0.2) is 11.7 Å². The summed E-state index contributed by atoms with van der Waals surface area (Å²) in [5.74, 6) is 0. The molecule has 0 aromatic carbocycles. The smallest absolute Gasteiger partial charge is 0.422 e. The summed E-state index contributed by atoms with van der Waals surface area (Å²) in [7, 11) is 0. The van der Waals surface area contributed by atoms with Crippen LogP contribution in [0, 0.1) is 0 Å². The highest BCUT2D eigenvalue weighted by Gasteiger charge is 2.28. The van der Waals surface area contributed by atoms with Gasteiger partial charge in [-0.15, -0.1) is 0 Å². The van der Waals surface area contributed by atoms with Crippen LogP contribution in [-0.2, 0) is 0 Å². The Morgan fingerprint density at radius 1 is 1.42 bits per heavy atom. The van der Waals surface area contributed by atoms with Gasteiger partial charge in [0.1, 0.15) is 0 Å². The Kier molecular flexibility index (Phi) is 3.00. The Labute approximate surface area is 79.3 Å². The maximum atomic E-state index is 11.6. The van der Waals surface area contributed by atoms with Crippen molar-refractivity contribution in [2.24, 2.45) is 0 Å². The molecule has 1 heterocycles. The zero-order valence-corrected chi connectivity index (χ0v) is 8.09. The highest BCUT2D eigenvalue weighted by molar-refractivity contribution is 9.11. The van der Waals surface area contributed by atoms with E-state index < -0.39 is 12.8 Å². The molecule has 0 saturated heterocycles. The molecule has 1 nitrogen and oxygen atoms in total. The molecule has 1 aromatic heterocycles. The lowest BCUT2D eigenvalue weighted by Crippen LogP contribution is -2.18. The van der Waals surface area contributed by atoms with E-state index in [0.717, 1.165) is 15.1 Å². The van der Waals surface area contributed by atoms with E-state index in [1.165, 1.54) is 6.07 Å². The lowest BCUT2D eigenvalue weighted by molar-refractivity contribution is -0.152. The lowest BCUT2D eigenvalue weighted by atomic mass is 10.6. The van der Waals surface area contributed by atoms with Gasteiger partial charge >= 0.3 is 6.18 Å². The summed E-state index contributed by atoms with van der Waals surface area (Å²) < 4.78 is 40.1. The molecule has 0 fully saturated rings. The predicted octanol–water partition coefficient (Wildman–Crippen LogP) is 3.45. The molecule has 0 bridgehead atoms. The molecule has 1 aromatic rings. The van der Waals surface area contributed by atoms with Crippen LogP contribution in [0.2, 0.25) is 0 Å². The van der Waals surface area contributed by atoms with Crippen molar-refractivity contribution in [2.45, 2.75) is 6.18 Å². The SMILES string of the molecule is FC(F)(F)COc1ccc(Br)s1. The summed E-state index contributed by atoms with van der Waals surface area (Å²) in [6.45, 7) is -1.24. The summed E-state index contributed by atoms with van der Waals surface area (Å²) >= 11 is 4.23. The molecule has 0 aliphatic carbocycles. The van der Waals surface area contributed by atoms with E-state index in [1.807, 2.05) is 0 Å². The first-order valence-electron chi connectivity index (χ1n) is 2.92. The van der Waals surface area contributed by atoms with Crippen molar-refractivity contribution < 1.29 is 17.9 Å². The fourth-order valence-electron chi connectivity index (χ4n) is 0.528. The molecule has 0 aliphatic heterocycles. The van der Waals surface area contributed by atoms with Crippen LogP contribution in [-0.4, -0.2) is 12.8 Å². The Morgan fingerprint density at radius 2 is 2.08 bits per heavy atom. The van der Waals surface area contributed by atoms with Crippen molar-refractivity contribution in [3.05, 3.63) is 15.9 Å². The van der Waals surface area contributed by atoms with E-state index in [1.54, 1.807) is 6.07 Å². The Morgan fingerprint density at radius 3 is 2.50 bits per heavy atom. The van der Waals surface area contributed by atoms with E-state index in [4.69, 9.17) is 0 Å². The number of hydrogen-bond donors (Lipinski definition) is 0. The summed E-state index contributed by atoms with van der Waals surface area (Å²) in [6.07, 6.45) is -4.27. The molecule has 0 atom stereocenters. The van der Waals surface area contributed by atoms with Crippen LogP contribution in [0.1, 0.15) is 0 Å². The normalized spacial score (nSPS) is 11.7. The number of alkyl halides is 3. The third-order valence-corrected chi connectivity index (χ3v) is 2.46. The Bertz CT molecular complexity index is 258. The minimum atomic E-state index is -4.27. The molecule has 0 amide bonds. The number of rotatable bonds is 2. The maximum absolute atomic E-state index is 11.6. The van der Waals surface area contributed by atoms with Crippen LogP contribution >= 0.6 is 27.3 Å². The largest absolute Gasteiger partial charge is 0.475 e. The number of ether oxygens (including phenoxy) is 1.